The molecule has 5 rings (SSSR count). The van der Waals surface area contributed by atoms with Crippen molar-refractivity contribution in [1.29, 1.82) is 0 Å². The number of carbonyl (C=O) groups is 2. The molecular formula is C31H24FN3O4. The van der Waals surface area contributed by atoms with Gasteiger partial charge in [0.25, 0.3) is 5.91 Å². The number of rotatable bonds is 7. The maximum Gasteiger partial charge on any atom is 0.309 e. The summed E-state index contributed by atoms with van der Waals surface area (Å²) in [5, 5.41) is 7.64. The Labute approximate surface area is 224 Å². The summed E-state index contributed by atoms with van der Waals surface area (Å²) in [7, 11) is 1.55. The van der Waals surface area contributed by atoms with Crippen molar-refractivity contribution in [3.63, 3.8) is 0 Å². The first-order valence-corrected chi connectivity index (χ1v) is 12.1. The standard InChI is InChI=1S/C31H24FN3O4/c1-20(36)39-31-28(21-15-17-24(18-16-21)33-30(37)22-9-4-3-5-10-22)29(26-13-6-7-14-27(26)38-2)34-35(31)25-12-8-11-23(32)19-25/h3-19H,1-2H3,(H,33,37). The maximum absolute atomic E-state index is 14.2. The van der Waals surface area contributed by atoms with Gasteiger partial charge in [-0.2, -0.15) is 9.78 Å². The number of methoxy groups -OCH3 is 1. The number of ether oxygens (including phenoxy) is 2. The number of benzene rings is 4. The molecule has 0 aliphatic heterocycles. The van der Waals surface area contributed by atoms with Crippen LogP contribution < -0.4 is 14.8 Å². The van der Waals surface area contributed by atoms with Crippen LogP contribution in [0.5, 0.6) is 11.6 Å². The van der Waals surface area contributed by atoms with Gasteiger partial charge in [-0.3, -0.25) is 9.59 Å². The van der Waals surface area contributed by atoms with Gasteiger partial charge in [-0.05, 0) is 60.2 Å². The van der Waals surface area contributed by atoms with Crippen LogP contribution >= 0.6 is 0 Å². The number of carbonyl (C=O) groups excluding carboxylic acids is 2. The third-order valence-corrected chi connectivity index (χ3v) is 5.97. The Morgan fingerprint density at radius 3 is 2.28 bits per heavy atom. The van der Waals surface area contributed by atoms with Crippen molar-refractivity contribution >= 4 is 17.6 Å². The Kier molecular flexibility index (Phi) is 7.18. The third-order valence-electron chi connectivity index (χ3n) is 5.97. The second-order valence-electron chi connectivity index (χ2n) is 8.61. The molecule has 1 amide bonds. The molecule has 0 unspecified atom stereocenters. The zero-order valence-corrected chi connectivity index (χ0v) is 21.2. The fourth-order valence-electron chi connectivity index (χ4n) is 4.22. The Balaban J connectivity index is 1.65. The van der Waals surface area contributed by atoms with Crippen LogP contribution in [0.25, 0.3) is 28.1 Å². The number of anilines is 1. The van der Waals surface area contributed by atoms with Gasteiger partial charge >= 0.3 is 5.97 Å². The van der Waals surface area contributed by atoms with E-state index >= 15 is 0 Å². The van der Waals surface area contributed by atoms with Crippen LogP contribution in [0.15, 0.2) is 103 Å². The monoisotopic (exact) mass is 521 g/mol. The Bertz CT molecular complexity index is 1650. The van der Waals surface area contributed by atoms with Crippen LogP contribution in [-0.4, -0.2) is 28.8 Å². The molecule has 0 bridgehead atoms. The summed E-state index contributed by atoms with van der Waals surface area (Å²) in [6, 6.07) is 29.1. The summed E-state index contributed by atoms with van der Waals surface area (Å²) in [5.74, 6) is -0.584. The number of esters is 1. The predicted molar refractivity (Wildman–Crippen MR) is 147 cm³/mol. The van der Waals surface area contributed by atoms with Crippen molar-refractivity contribution in [1.82, 2.24) is 9.78 Å². The van der Waals surface area contributed by atoms with E-state index < -0.39 is 11.8 Å². The third kappa shape index (κ3) is 5.40. The second kappa shape index (κ2) is 11.0. The van der Waals surface area contributed by atoms with Gasteiger partial charge < -0.3 is 14.8 Å². The number of nitrogens with zero attached hydrogens (tertiary/aromatic N) is 2. The molecule has 1 aromatic heterocycles. The number of aromatic nitrogens is 2. The van der Waals surface area contributed by atoms with E-state index in [0.29, 0.717) is 45.1 Å². The van der Waals surface area contributed by atoms with Crippen LogP contribution in [0.1, 0.15) is 17.3 Å². The SMILES string of the molecule is COc1ccccc1-c1nn(-c2cccc(F)c2)c(OC(C)=O)c1-c1ccc(NC(=O)c2ccccc2)cc1. The fourth-order valence-corrected chi connectivity index (χ4v) is 4.22. The van der Waals surface area contributed by atoms with Gasteiger partial charge in [0.2, 0.25) is 5.88 Å². The molecule has 8 heteroatoms. The number of nitrogens with one attached hydrogen (secondary N) is 1. The van der Waals surface area contributed by atoms with E-state index in [1.54, 1.807) is 73.8 Å². The minimum Gasteiger partial charge on any atom is -0.496 e. The Hall–Kier alpha value is -5.24. The van der Waals surface area contributed by atoms with Crippen LogP contribution in [0.2, 0.25) is 0 Å². The highest BCUT2D eigenvalue weighted by Gasteiger charge is 2.26. The fraction of sp³-hybridized carbons (Fsp3) is 0.0645. The lowest BCUT2D eigenvalue weighted by atomic mass is 10.00. The van der Waals surface area contributed by atoms with Crippen molar-refractivity contribution in [2.24, 2.45) is 0 Å². The van der Waals surface area contributed by atoms with E-state index in [9.17, 15) is 14.0 Å². The van der Waals surface area contributed by atoms with E-state index in [1.807, 2.05) is 24.3 Å². The van der Waals surface area contributed by atoms with Crippen molar-refractivity contribution in [3.8, 4) is 39.7 Å². The molecule has 5 aromatic rings. The molecule has 0 spiro atoms. The smallest absolute Gasteiger partial charge is 0.309 e. The summed E-state index contributed by atoms with van der Waals surface area (Å²) in [4.78, 5) is 24.8. The first kappa shape index (κ1) is 25.4. The van der Waals surface area contributed by atoms with E-state index in [2.05, 4.69) is 5.32 Å². The quantitative estimate of drug-likeness (QED) is 0.246. The molecule has 0 atom stereocenters. The molecule has 194 valence electrons. The molecule has 0 aliphatic rings. The topological polar surface area (TPSA) is 82.4 Å². The molecular weight excluding hydrogens is 497 g/mol. The predicted octanol–water partition coefficient (Wildman–Crippen LogP) is 6.53. The van der Waals surface area contributed by atoms with Gasteiger partial charge in [0, 0.05) is 23.7 Å². The van der Waals surface area contributed by atoms with Gasteiger partial charge in [-0.15, -0.1) is 0 Å². The van der Waals surface area contributed by atoms with E-state index in [-0.39, 0.29) is 11.8 Å². The molecule has 4 aromatic carbocycles. The Morgan fingerprint density at radius 1 is 0.872 bits per heavy atom. The van der Waals surface area contributed by atoms with Gasteiger partial charge in [-0.25, -0.2) is 4.39 Å². The second-order valence-corrected chi connectivity index (χ2v) is 8.61. The molecule has 7 nitrogen and oxygen atoms in total. The van der Waals surface area contributed by atoms with Crippen LogP contribution in [0, 0.1) is 5.82 Å². The molecule has 0 fully saturated rings. The lowest BCUT2D eigenvalue weighted by Crippen LogP contribution is -2.11. The van der Waals surface area contributed by atoms with Crippen molar-refractivity contribution in [3.05, 3.63) is 115 Å². The minimum absolute atomic E-state index is 0.120. The highest BCUT2D eigenvalue weighted by Crippen LogP contribution is 2.43. The number of amides is 1. The Morgan fingerprint density at radius 2 is 1.59 bits per heavy atom. The summed E-state index contributed by atoms with van der Waals surface area (Å²) < 4.78 is 26.9. The molecule has 1 heterocycles. The van der Waals surface area contributed by atoms with Gasteiger partial charge in [0.1, 0.15) is 17.3 Å². The highest BCUT2D eigenvalue weighted by atomic mass is 19.1. The molecule has 0 saturated carbocycles. The summed E-state index contributed by atoms with van der Waals surface area (Å²) in [6.45, 7) is 1.29. The van der Waals surface area contributed by atoms with Gasteiger partial charge in [-0.1, -0.05) is 48.5 Å². The normalized spacial score (nSPS) is 10.6. The highest BCUT2D eigenvalue weighted by molar-refractivity contribution is 6.04. The molecule has 0 aliphatic carbocycles. The molecule has 0 saturated heterocycles. The van der Waals surface area contributed by atoms with E-state index in [0.717, 1.165) is 0 Å². The van der Waals surface area contributed by atoms with E-state index in [4.69, 9.17) is 14.6 Å². The van der Waals surface area contributed by atoms with Crippen LogP contribution in [0.4, 0.5) is 10.1 Å². The zero-order valence-electron chi connectivity index (χ0n) is 21.2. The average molecular weight is 522 g/mol. The maximum atomic E-state index is 14.2. The van der Waals surface area contributed by atoms with Crippen LogP contribution in [0.3, 0.4) is 0 Å². The van der Waals surface area contributed by atoms with Crippen LogP contribution in [-0.2, 0) is 4.79 Å². The van der Waals surface area contributed by atoms with Gasteiger partial charge in [0.05, 0.1) is 18.4 Å². The molecule has 1 N–H and O–H groups in total. The number of halogens is 1. The van der Waals surface area contributed by atoms with Crippen molar-refractivity contribution in [2.75, 3.05) is 12.4 Å². The van der Waals surface area contributed by atoms with Crippen molar-refractivity contribution < 1.29 is 23.5 Å². The molecule has 39 heavy (non-hydrogen) atoms. The summed E-state index contributed by atoms with van der Waals surface area (Å²) in [5.41, 5.74) is 3.77. The largest absolute Gasteiger partial charge is 0.496 e. The molecule has 0 radical (unpaired) electrons. The lowest BCUT2D eigenvalue weighted by molar-refractivity contribution is -0.132. The summed E-state index contributed by atoms with van der Waals surface area (Å²) >= 11 is 0. The summed E-state index contributed by atoms with van der Waals surface area (Å²) in [6.07, 6.45) is 0. The zero-order chi connectivity index (χ0) is 27.4. The van der Waals surface area contributed by atoms with E-state index in [1.165, 1.54) is 23.7 Å². The first-order chi connectivity index (χ1) is 18.9. The van der Waals surface area contributed by atoms with Crippen molar-refractivity contribution in [2.45, 2.75) is 6.92 Å². The first-order valence-electron chi connectivity index (χ1n) is 12.1. The number of para-hydroxylation sites is 1. The number of hydrogen-bond donors (Lipinski definition) is 1. The number of hydrogen-bond acceptors (Lipinski definition) is 5. The average Bonchev–Trinajstić information content (AvgIpc) is 3.32. The minimum atomic E-state index is -0.563. The van der Waals surface area contributed by atoms with Gasteiger partial charge in [0.15, 0.2) is 0 Å². The lowest BCUT2D eigenvalue weighted by Gasteiger charge is -2.11.